The molecule has 1 amide bonds. The highest BCUT2D eigenvalue weighted by molar-refractivity contribution is 5.80. The normalized spacial score (nSPS) is 28.2. The number of hydrogen-bond donors (Lipinski definition) is 3. The zero-order valence-electron chi connectivity index (χ0n) is 22.2. The van der Waals surface area contributed by atoms with Gasteiger partial charge in [0.15, 0.2) is 11.2 Å². The van der Waals surface area contributed by atoms with Gasteiger partial charge in [-0.15, -0.1) is 0 Å². The zero-order chi connectivity index (χ0) is 28.1. The minimum absolute atomic E-state index is 0.169. The van der Waals surface area contributed by atoms with Crippen LogP contribution in [0.2, 0.25) is 0 Å². The Morgan fingerprint density at radius 1 is 1.18 bits per heavy atom. The van der Waals surface area contributed by atoms with E-state index in [9.17, 15) is 19.6 Å². The number of carbonyl (C=O) groups excluding carboxylic acids is 1. The van der Waals surface area contributed by atoms with E-state index in [0.29, 0.717) is 52.5 Å². The molecule has 3 aromatic carbocycles. The molecule has 1 saturated carbocycles. The predicted molar refractivity (Wildman–Crippen MR) is 144 cm³/mol. The van der Waals surface area contributed by atoms with E-state index in [2.05, 4.69) is 16.7 Å². The number of fused-ring (bicyclic) bond motifs is 3. The molecular weight excluding hydrogens is 513 g/mol. The summed E-state index contributed by atoms with van der Waals surface area (Å²) in [4.78, 5) is 13.5. The van der Waals surface area contributed by atoms with Gasteiger partial charge in [0.25, 0.3) is 0 Å². The van der Waals surface area contributed by atoms with E-state index in [-0.39, 0.29) is 18.2 Å². The average Bonchev–Trinajstić information content (AvgIpc) is 3.66. The lowest BCUT2D eigenvalue weighted by atomic mass is 9.70. The van der Waals surface area contributed by atoms with E-state index in [0.717, 1.165) is 6.54 Å². The van der Waals surface area contributed by atoms with Gasteiger partial charge in [0.05, 0.1) is 43.4 Å². The molecule has 3 N–H and O–H groups in total. The third kappa shape index (κ3) is 3.74. The molecule has 0 spiro atoms. The van der Waals surface area contributed by atoms with Crippen LogP contribution in [0.5, 0.6) is 17.2 Å². The summed E-state index contributed by atoms with van der Waals surface area (Å²) in [6, 6.07) is 17.7. The van der Waals surface area contributed by atoms with E-state index < -0.39 is 29.0 Å². The third-order valence-electron chi connectivity index (χ3n) is 8.62. The van der Waals surface area contributed by atoms with E-state index in [1.54, 1.807) is 48.5 Å². The summed E-state index contributed by atoms with van der Waals surface area (Å²) in [5.41, 5.74) is -1.30. The largest absolute Gasteiger partial charge is 0.496 e. The molecule has 8 nitrogen and oxygen atoms in total. The molecule has 1 aliphatic carbocycles. The van der Waals surface area contributed by atoms with Crippen LogP contribution in [-0.4, -0.2) is 44.4 Å². The maximum atomic E-state index is 14.6. The van der Waals surface area contributed by atoms with Crippen LogP contribution in [0, 0.1) is 23.1 Å². The monoisotopic (exact) mass is 543 g/mol. The highest BCUT2D eigenvalue weighted by Crippen LogP contribution is 2.68. The SMILES string of the molecule is COc1cc(OC)c2c(c1)O[C@@]1(c3ccc(C#N)cc3)[C@H](c3cccc(F)c3)C[C@H](NC(=O)C3CCNC3)[C@@]21O. The van der Waals surface area contributed by atoms with Gasteiger partial charge in [-0.2, -0.15) is 5.26 Å². The Morgan fingerprint density at radius 3 is 2.62 bits per heavy atom. The number of hydrogen-bond acceptors (Lipinski definition) is 7. The maximum absolute atomic E-state index is 14.6. The number of nitrogens with zero attached hydrogens (tertiary/aromatic N) is 1. The number of nitriles is 1. The number of amides is 1. The summed E-state index contributed by atoms with van der Waals surface area (Å²) in [5.74, 6) is -0.265. The highest BCUT2D eigenvalue weighted by atomic mass is 19.1. The van der Waals surface area contributed by atoms with Gasteiger partial charge in [0.1, 0.15) is 23.1 Å². The van der Waals surface area contributed by atoms with Gasteiger partial charge in [-0.25, -0.2) is 4.39 Å². The summed E-state index contributed by atoms with van der Waals surface area (Å²) in [6.45, 7) is 1.30. The number of rotatable bonds is 6. The van der Waals surface area contributed by atoms with Crippen LogP contribution in [-0.2, 0) is 16.0 Å². The predicted octanol–water partition coefficient (Wildman–Crippen LogP) is 3.47. The Labute approximate surface area is 231 Å². The van der Waals surface area contributed by atoms with Crippen LogP contribution in [0.4, 0.5) is 4.39 Å². The van der Waals surface area contributed by atoms with Crippen molar-refractivity contribution in [1.29, 1.82) is 5.26 Å². The quantitative estimate of drug-likeness (QED) is 0.436. The molecule has 3 aliphatic rings. The first-order chi connectivity index (χ1) is 19.3. The molecule has 2 heterocycles. The molecule has 6 rings (SSSR count). The summed E-state index contributed by atoms with van der Waals surface area (Å²) < 4.78 is 32.7. The number of methoxy groups -OCH3 is 2. The molecule has 0 bridgehead atoms. The Morgan fingerprint density at radius 2 is 1.98 bits per heavy atom. The summed E-state index contributed by atoms with van der Waals surface area (Å²) in [7, 11) is 3.02. The second kappa shape index (κ2) is 9.81. The zero-order valence-corrected chi connectivity index (χ0v) is 22.2. The molecule has 1 unspecified atom stereocenters. The number of halogens is 1. The van der Waals surface area contributed by atoms with Crippen molar-refractivity contribution in [1.82, 2.24) is 10.6 Å². The minimum Gasteiger partial charge on any atom is -0.496 e. The van der Waals surface area contributed by atoms with Crippen LogP contribution >= 0.6 is 0 Å². The average molecular weight is 544 g/mol. The standard InChI is InChI=1S/C31H30FN3O5/c1-38-23-13-25(39-2)28-26(14-23)40-31(21-8-6-18(16-33)7-9-21)24(19-4-3-5-22(32)12-19)15-27(30(28,31)37)35-29(36)20-10-11-34-17-20/h3-9,12-14,20,24,27,34,37H,10-11,15,17H2,1-2H3,(H,35,36)/t20?,24-,27-,30+,31-/m0/s1. The summed E-state index contributed by atoms with van der Waals surface area (Å²) in [5, 5.41) is 28.9. The topological polar surface area (TPSA) is 113 Å². The first-order valence-corrected chi connectivity index (χ1v) is 13.3. The van der Waals surface area contributed by atoms with Crippen LogP contribution in [0.3, 0.4) is 0 Å². The molecule has 2 fully saturated rings. The second-order valence-electron chi connectivity index (χ2n) is 10.6. The summed E-state index contributed by atoms with van der Waals surface area (Å²) in [6.07, 6.45) is 0.957. The third-order valence-corrected chi connectivity index (χ3v) is 8.62. The second-order valence-corrected chi connectivity index (χ2v) is 10.6. The van der Waals surface area contributed by atoms with E-state index in [1.807, 2.05) is 0 Å². The molecule has 2 aliphatic heterocycles. The molecular formula is C31H30FN3O5. The number of ether oxygens (including phenoxy) is 3. The number of nitrogens with one attached hydrogen (secondary N) is 2. The van der Waals surface area contributed by atoms with Crippen molar-refractivity contribution in [3.8, 4) is 23.3 Å². The fourth-order valence-electron chi connectivity index (χ4n) is 6.78. The molecule has 0 radical (unpaired) electrons. The van der Waals surface area contributed by atoms with Crippen LogP contribution in [0.25, 0.3) is 0 Å². The lowest BCUT2D eigenvalue weighted by Gasteiger charge is -2.42. The number of benzene rings is 3. The lowest BCUT2D eigenvalue weighted by Crippen LogP contribution is -2.57. The minimum atomic E-state index is -1.83. The Hall–Kier alpha value is -4.13. The lowest BCUT2D eigenvalue weighted by molar-refractivity contribution is -0.135. The summed E-state index contributed by atoms with van der Waals surface area (Å²) >= 11 is 0. The first kappa shape index (κ1) is 26.1. The number of aliphatic hydroxyl groups is 1. The van der Waals surface area contributed by atoms with Crippen LogP contribution in [0.1, 0.15) is 41.0 Å². The van der Waals surface area contributed by atoms with Gasteiger partial charge in [0, 0.05) is 24.6 Å². The van der Waals surface area contributed by atoms with Gasteiger partial charge >= 0.3 is 0 Å². The van der Waals surface area contributed by atoms with Crippen molar-refractivity contribution in [3.63, 3.8) is 0 Å². The molecule has 3 aromatic rings. The molecule has 206 valence electrons. The molecule has 0 aromatic heterocycles. The van der Waals surface area contributed by atoms with Crippen LogP contribution in [0.15, 0.2) is 60.7 Å². The Bertz CT molecular complexity index is 1500. The van der Waals surface area contributed by atoms with Crippen molar-refractivity contribution < 1.29 is 28.5 Å². The van der Waals surface area contributed by atoms with E-state index in [4.69, 9.17) is 14.2 Å². The molecule has 1 saturated heterocycles. The molecule has 9 heteroatoms. The first-order valence-electron chi connectivity index (χ1n) is 13.3. The van der Waals surface area contributed by atoms with Crippen molar-refractivity contribution in [2.75, 3.05) is 27.3 Å². The van der Waals surface area contributed by atoms with Gasteiger partial charge in [0.2, 0.25) is 5.91 Å². The van der Waals surface area contributed by atoms with Crippen molar-refractivity contribution in [3.05, 3.63) is 88.7 Å². The van der Waals surface area contributed by atoms with Crippen molar-refractivity contribution >= 4 is 5.91 Å². The molecule has 40 heavy (non-hydrogen) atoms. The number of carbonyl (C=O) groups is 1. The van der Waals surface area contributed by atoms with Gasteiger partial charge in [-0.3, -0.25) is 4.79 Å². The Balaban J connectivity index is 1.61. The van der Waals surface area contributed by atoms with E-state index in [1.165, 1.54) is 26.4 Å². The maximum Gasteiger partial charge on any atom is 0.224 e. The van der Waals surface area contributed by atoms with Gasteiger partial charge in [-0.05, 0) is 54.8 Å². The Kier molecular flexibility index (Phi) is 6.40. The molecule has 5 atom stereocenters. The smallest absolute Gasteiger partial charge is 0.224 e. The fourth-order valence-corrected chi connectivity index (χ4v) is 6.78. The van der Waals surface area contributed by atoms with Crippen LogP contribution < -0.4 is 24.8 Å². The highest BCUT2D eigenvalue weighted by Gasteiger charge is 2.74. The fraction of sp³-hybridized carbons (Fsp3) is 0.355. The van der Waals surface area contributed by atoms with Crippen molar-refractivity contribution in [2.45, 2.75) is 36.0 Å². The van der Waals surface area contributed by atoms with Gasteiger partial charge in [-0.1, -0.05) is 24.3 Å². The van der Waals surface area contributed by atoms with E-state index >= 15 is 0 Å². The van der Waals surface area contributed by atoms with Gasteiger partial charge < -0.3 is 30.0 Å². The van der Waals surface area contributed by atoms with Crippen molar-refractivity contribution in [2.24, 2.45) is 5.92 Å².